The molecule has 5 heteroatoms. The fourth-order valence-corrected chi connectivity index (χ4v) is 8.84. The Morgan fingerprint density at radius 3 is 1.80 bits per heavy atom. The van der Waals surface area contributed by atoms with Crippen LogP contribution in [0, 0.1) is 0 Å². The normalized spacial score (nSPS) is 12.0. The van der Waals surface area contributed by atoms with Crippen LogP contribution in [0.1, 0.15) is 0 Å². The van der Waals surface area contributed by atoms with E-state index in [2.05, 4.69) is 97.1 Å². The maximum Gasteiger partial charge on any atom is 0.164 e. The number of hydrogen-bond acceptors (Lipinski definition) is 5. The van der Waals surface area contributed by atoms with Gasteiger partial charge in [-0.15, -0.1) is 11.3 Å². The first kappa shape index (κ1) is 27.5. The van der Waals surface area contributed by atoms with E-state index in [-0.39, 0.29) is 0 Å². The average Bonchev–Trinajstić information content (AvgIpc) is 3.76. The highest BCUT2D eigenvalue weighted by molar-refractivity contribution is 7.27. The molecular weight excluding hydrogens is 631 g/mol. The second kappa shape index (κ2) is 10.5. The lowest BCUT2D eigenvalue weighted by Gasteiger charge is -2.12. The molecule has 8 aromatic carbocycles. The van der Waals surface area contributed by atoms with Gasteiger partial charge in [0.15, 0.2) is 17.5 Å². The minimum Gasteiger partial charge on any atom is -0.456 e. The summed E-state index contributed by atoms with van der Waals surface area (Å²) >= 11 is 1.88. The highest BCUT2D eigenvalue weighted by atomic mass is 32.1. The third-order valence-corrected chi connectivity index (χ3v) is 11.1. The molecule has 0 spiro atoms. The number of benzene rings is 8. The molecule has 0 N–H and O–H groups in total. The molecule has 0 amide bonds. The fraction of sp³-hybridized carbons (Fsp3) is 0. The Balaban J connectivity index is 1.13. The van der Waals surface area contributed by atoms with Crippen molar-refractivity contribution < 1.29 is 4.42 Å². The van der Waals surface area contributed by atoms with Gasteiger partial charge in [-0.2, -0.15) is 0 Å². The van der Waals surface area contributed by atoms with E-state index in [0.29, 0.717) is 17.5 Å². The maximum absolute atomic E-state index is 6.23. The van der Waals surface area contributed by atoms with E-state index < -0.39 is 0 Å². The van der Waals surface area contributed by atoms with E-state index in [1.165, 1.54) is 47.1 Å². The zero-order valence-corrected chi connectivity index (χ0v) is 27.4. The first-order chi connectivity index (χ1) is 24.8. The number of fused-ring (bicyclic) bond motifs is 13. The van der Waals surface area contributed by atoms with Gasteiger partial charge in [0.2, 0.25) is 0 Å². The first-order valence-electron chi connectivity index (χ1n) is 16.7. The molecule has 50 heavy (non-hydrogen) atoms. The molecule has 0 bridgehead atoms. The van der Waals surface area contributed by atoms with E-state index in [1.54, 1.807) is 0 Å². The van der Waals surface area contributed by atoms with Crippen LogP contribution in [0.15, 0.2) is 156 Å². The van der Waals surface area contributed by atoms with E-state index in [1.807, 2.05) is 65.9 Å². The van der Waals surface area contributed by atoms with Gasteiger partial charge in [0.1, 0.15) is 11.2 Å². The van der Waals surface area contributed by atoms with E-state index >= 15 is 0 Å². The molecule has 4 nitrogen and oxygen atoms in total. The van der Waals surface area contributed by atoms with E-state index in [9.17, 15) is 0 Å². The van der Waals surface area contributed by atoms with Crippen molar-refractivity contribution in [2.45, 2.75) is 0 Å². The average molecular weight is 656 g/mol. The third kappa shape index (κ3) is 4.08. The molecule has 0 unspecified atom stereocenters. The summed E-state index contributed by atoms with van der Waals surface area (Å²) in [7, 11) is 0. The van der Waals surface area contributed by atoms with Crippen LogP contribution in [0.3, 0.4) is 0 Å². The summed E-state index contributed by atoms with van der Waals surface area (Å²) in [5, 5.41) is 12.3. The molecule has 11 aromatic rings. The molecule has 3 heterocycles. The summed E-state index contributed by atoms with van der Waals surface area (Å²) in [6.45, 7) is 0. The summed E-state index contributed by atoms with van der Waals surface area (Å²) in [5.74, 6) is 1.86. The molecule has 0 aliphatic rings. The number of nitrogens with zero attached hydrogens (tertiary/aromatic N) is 3. The zero-order chi connectivity index (χ0) is 32.8. The van der Waals surface area contributed by atoms with Crippen molar-refractivity contribution in [3.63, 3.8) is 0 Å². The minimum absolute atomic E-state index is 0.604. The van der Waals surface area contributed by atoms with Crippen LogP contribution in [0.5, 0.6) is 0 Å². The number of thiophene rings is 1. The molecule has 0 radical (unpaired) electrons. The number of hydrogen-bond donors (Lipinski definition) is 0. The monoisotopic (exact) mass is 655 g/mol. The fourth-order valence-electron chi connectivity index (χ4n) is 7.58. The number of para-hydroxylation sites is 1. The van der Waals surface area contributed by atoms with Gasteiger partial charge in [0, 0.05) is 53.0 Å². The Hall–Kier alpha value is -6.43. The topological polar surface area (TPSA) is 51.8 Å². The highest BCUT2D eigenvalue weighted by Gasteiger charge is 2.18. The molecular formula is C45H25N3OS. The summed E-state index contributed by atoms with van der Waals surface area (Å²) in [6, 6.07) is 53.2. The van der Waals surface area contributed by atoms with Crippen molar-refractivity contribution in [3.05, 3.63) is 152 Å². The van der Waals surface area contributed by atoms with Crippen LogP contribution in [-0.2, 0) is 0 Å². The van der Waals surface area contributed by atoms with Gasteiger partial charge in [-0.1, -0.05) is 121 Å². The SMILES string of the molecule is c1ccc(-c2nc(-c3ccc4c(ccc5c4c4ccccc4c4sc6ccccc6c54)c3)nc(-c3ccc4c(c3)oc3ccccc34)n2)cc1. The molecule has 0 fully saturated rings. The second-order valence-electron chi connectivity index (χ2n) is 12.8. The van der Waals surface area contributed by atoms with Gasteiger partial charge < -0.3 is 4.42 Å². The quantitative estimate of drug-likeness (QED) is 0.178. The van der Waals surface area contributed by atoms with Crippen LogP contribution in [0.2, 0.25) is 0 Å². The molecule has 0 aliphatic carbocycles. The van der Waals surface area contributed by atoms with Crippen molar-refractivity contribution in [1.29, 1.82) is 0 Å². The van der Waals surface area contributed by atoms with Crippen LogP contribution in [-0.4, -0.2) is 15.0 Å². The van der Waals surface area contributed by atoms with E-state index in [0.717, 1.165) is 44.0 Å². The molecule has 3 aromatic heterocycles. The molecule has 0 saturated carbocycles. The summed E-state index contributed by atoms with van der Waals surface area (Å²) in [6.07, 6.45) is 0. The molecule has 232 valence electrons. The lowest BCUT2D eigenvalue weighted by molar-refractivity contribution is 0.669. The van der Waals surface area contributed by atoms with Crippen LogP contribution >= 0.6 is 11.3 Å². The van der Waals surface area contributed by atoms with Gasteiger partial charge in [-0.05, 0) is 57.3 Å². The Labute approximate surface area is 289 Å². The lowest BCUT2D eigenvalue weighted by Crippen LogP contribution is -2.00. The van der Waals surface area contributed by atoms with Crippen LogP contribution < -0.4 is 0 Å². The number of rotatable bonds is 3. The van der Waals surface area contributed by atoms with Crippen molar-refractivity contribution in [2.75, 3.05) is 0 Å². The second-order valence-corrected chi connectivity index (χ2v) is 13.8. The van der Waals surface area contributed by atoms with Gasteiger partial charge in [-0.3, -0.25) is 0 Å². The summed E-state index contributed by atoms with van der Waals surface area (Å²) in [5.41, 5.74) is 4.43. The summed E-state index contributed by atoms with van der Waals surface area (Å²) in [4.78, 5) is 15.1. The van der Waals surface area contributed by atoms with Crippen LogP contribution in [0.25, 0.3) is 109 Å². The molecule has 0 saturated heterocycles. The van der Waals surface area contributed by atoms with Gasteiger partial charge in [0.05, 0.1) is 0 Å². The number of furan rings is 1. The van der Waals surface area contributed by atoms with Gasteiger partial charge >= 0.3 is 0 Å². The largest absolute Gasteiger partial charge is 0.456 e. The predicted octanol–water partition coefficient (Wildman–Crippen LogP) is 12.6. The minimum atomic E-state index is 0.604. The Morgan fingerprint density at radius 1 is 0.380 bits per heavy atom. The third-order valence-electron chi connectivity index (χ3n) is 9.89. The Bertz CT molecular complexity index is 3160. The van der Waals surface area contributed by atoms with Gasteiger partial charge in [0.25, 0.3) is 0 Å². The van der Waals surface area contributed by atoms with Gasteiger partial charge in [-0.25, -0.2) is 15.0 Å². The van der Waals surface area contributed by atoms with Crippen LogP contribution in [0.4, 0.5) is 0 Å². The maximum atomic E-state index is 6.23. The zero-order valence-electron chi connectivity index (χ0n) is 26.6. The standard InChI is InChI=1S/C45H25N3OS/c1-2-10-26(11-3-1)43-46-44(48-45(47-43)29-20-22-32-31-12-6-8-16-37(31)49-38(32)25-29)28-19-21-30-27(24-28)18-23-36-40(30)33-13-4-5-14-34(33)42-41(36)35-15-7-9-17-39(35)50-42/h1-25H. The van der Waals surface area contributed by atoms with Crippen molar-refractivity contribution >= 4 is 85.8 Å². The van der Waals surface area contributed by atoms with Crippen molar-refractivity contribution in [3.8, 4) is 34.2 Å². The van der Waals surface area contributed by atoms with Crippen molar-refractivity contribution in [2.24, 2.45) is 0 Å². The first-order valence-corrected chi connectivity index (χ1v) is 17.5. The molecule has 0 aliphatic heterocycles. The number of aromatic nitrogens is 3. The lowest BCUT2D eigenvalue weighted by atomic mass is 9.92. The highest BCUT2D eigenvalue weighted by Crippen LogP contribution is 2.46. The molecule has 11 rings (SSSR count). The van der Waals surface area contributed by atoms with E-state index in [4.69, 9.17) is 19.4 Å². The van der Waals surface area contributed by atoms with Crippen molar-refractivity contribution in [1.82, 2.24) is 15.0 Å². The molecule has 0 atom stereocenters. The Morgan fingerprint density at radius 2 is 0.980 bits per heavy atom. The smallest absolute Gasteiger partial charge is 0.164 e. The predicted molar refractivity (Wildman–Crippen MR) is 209 cm³/mol. The summed E-state index contributed by atoms with van der Waals surface area (Å²) < 4.78 is 8.89. The Kier molecular flexibility index (Phi) is 5.80.